The molecule has 0 radical (unpaired) electrons. The lowest BCUT2D eigenvalue weighted by atomic mass is 10.1. The average molecular weight is 647 g/mol. The molecule has 2 amide bonds. The topological polar surface area (TPSA) is 186 Å². The SMILES string of the molecule is COC(=O)c1cccc(N)c1.COC(=O)c1cccc(NC(=O)Nc2cccc3ccc(O)cc23)c1.Nc1cccc2ccc(O)cc12. The van der Waals surface area contributed by atoms with Gasteiger partial charge in [-0.3, -0.25) is 0 Å². The van der Waals surface area contributed by atoms with Crippen LogP contribution in [0.25, 0.3) is 21.5 Å². The van der Waals surface area contributed by atoms with Gasteiger partial charge in [0.05, 0.1) is 31.0 Å². The number of rotatable bonds is 4. The number of amides is 2. The van der Waals surface area contributed by atoms with Crippen LogP contribution in [0, 0.1) is 0 Å². The lowest BCUT2D eigenvalue weighted by Gasteiger charge is -2.11. The number of nitrogens with one attached hydrogen (secondary N) is 2. The first-order valence-corrected chi connectivity index (χ1v) is 14.5. The number of carbonyl (C=O) groups excluding carboxylic acids is 3. The van der Waals surface area contributed by atoms with E-state index in [4.69, 9.17) is 11.5 Å². The first-order valence-electron chi connectivity index (χ1n) is 14.5. The van der Waals surface area contributed by atoms with Gasteiger partial charge in [0.25, 0.3) is 0 Å². The number of ether oxygens (including phenoxy) is 2. The second-order valence-corrected chi connectivity index (χ2v) is 10.2. The second-order valence-electron chi connectivity index (χ2n) is 10.2. The number of anilines is 4. The molecule has 6 aromatic carbocycles. The molecule has 244 valence electrons. The third-order valence-electron chi connectivity index (χ3n) is 6.86. The maximum absolute atomic E-state index is 12.3. The van der Waals surface area contributed by atoms with Gasteiger partial charge < -0.3 is 41.8 Å². The van der Waals surface area contributed by atoms with Gasteiger partial charge in [0.2, 0.25) is 0 Å². The van der Waals surface area contributed by atoms with Crippen molar-refractivity contribution in [1.82, 2.24) is 0 Å². The number of aromatic hydroxyl groups is 2. The maximum atomic E-state index is 12.3. The van der Waals surface area contributed by atoms with Crippen molar-refractivity contribution < 1.29 is 34.1 Å². The van der Waals surface area contributed by atoms with E-state index in [0.717, 1.165) is 21.5 Å². The highest BCUT2D eigenvalue weighted by Gasteiger charge is 2.10. The molecule has 11 nitrogen and oxygen atoms in total. The molecule has 0 heterocycles. The van der Waals surface area contributed by atoms with Gasteiger partial charge in [-0.25, -0.2) is 14.4 Å². The number of phenolic OH excluding ortho intramolecular Hbond substituents is 2. The zero-order valence-electron chi connectivity index (χ0n) is 26.1. The minimum atomic E-state index is -0.478. The molecule has 0 saturated heterocycles. The van der Waals surface area contributed by atoms with Gasteiger partial charge in [0.15, 0.2) is 0 Å². The summed E-state index contributed by atoms with van der Waals surface area (Å²) in [7, 11) is 2.64. The van der Waals surface area contributed by atoms with Gasteiger partial charge >= 0.3 is 18.0 Å². The van der Waals surface area contributed by atoms with Crippen molar-refractivity contribution in [3.63, 3.8) is 0 Å². The molecule has 11 heteroatoms. The van der Waals surface area contributed by atoms with Crippen LogP contribution >= 0.6 is 0 Å². The number of hydrogen-bond donors (Lipinski definition) is 6. The van der Waals surface area contributed by atoms with E-state index in [-0.39, 0.29) is 17.5 Å². The number of carbonyl (C=O) groups is 3. The van der Waals surface area contributed by atoms with Crippen LogP contribution in [-0.4, -0.2) is 42.4 Å². The van der Waals surface area contributed by atoms with E-state index >= 15 is 0 Å². The van der Waals surface area contributed by atoms with E-state index in [1.54, 1.807) is 78.9 Å². The molecule has 0 bridgehead atoms. The Kier molecular flexibility index (Phi) is 11.4. The third-order valence-corrected chi connectivity index (χ3v) is 6.86. The highest BCUT2D eigenvalue weighted by molar-refractivity contribution is 6.06. The van der Waals surface area contributed by atoms with Gasteiger partial charge in [-0.1, -0.05) is 48.5 Å². The predicted molar refractivity (Wildman–Crippen MR) is 188 cm³/mol. The van der Waals surface area contributed by atoms with E-state index in [0.29, 0.717) is 33.9 Å². The molecule has 0 aliphatic rings. The quantitative estimate of drug-likeness (QED) is 0.0853. The molecule has 6 rings (SSSR count). The van der Waals surface area contributed by atoms with Crippen LogP contribution in [0.2, 0.25) is 0 Å². The summed E-state index contributed by atoms with van der Waals surface area (Å²) in [6.45, 7) is 0. The number of methoxy groups -OCH3 is 2. The van der Waals surface area contributed by atoms with Crippen LogP contribution in [0.4, 0.5) is 27.5 Å². The van der Waals surface area contributed by atoms with E-state index in [1.807, 2.05) is 36.4 Å². The smallest absolute Gasteiger partial charge is 0.337 e. The number of hydrogen-bond acceptors (Lipinski definition) is 9. The summed E-state index contributed by atoms with van der Waals surface area (Å²) in [5.41, 5.74) is 14.3. The summed E-state index contributed by atoms with van der Waals surface area (Å²) in [6.07, 6.45) is 0. The van der Waals surface area contributed by atoms with Crippen molar-refractivity contribution in [3.05, 3.63) is 132 Å². The third kappa shape index (κ3) is 9.14. The number of phenols is 2. The molecule has 0 aromatic heterocycles. The van der Waals surface area contributed by atoms with Crippen molar-refractivity contribution in [3.8, 4) is 11.5 Å². The highest BCUT2D eigenvalue weighted by atomic mass is 16.5. The Balaban J connectivity index is 0.000000187. The van der Waals surface area contributed by atoms with Crippen molar-refractivity contribution >= 4 is 62.3 Å². The Labute approximate surface area is 276 Å². The van der Waals surface area contributed by atoms with Crippen molar-refractivity contribution in [2.75, 3.05) is 36.3 Å². The Hall–Kier alpha value is -6.75. The molecule has 0 atom stereocenters. The van der Waals surface area contributed by atoms with E-state index in [2.05, 4.69) is 20.1 Å². The average Bonchev–Trinajstić information content (AvgIpc) is 3.09. The normalized spacial score (nSPS) is 10.0. The number of nitrogens with two attached hydrogens (primary N) is 2. The summed E-state index contributed by atoms with van der Waals surface area (Å²) >= 11 is 0. The van der Waals surface area contributed by atoms with Gasteiger partial charge in [-0.2, -0.15) is 0 Å². The van der Waals surface area contributed by atoms with Gasteiger partial charge in [0.1, 0.15) is 11.5 Å². The summed E-state index contributed by atoms with van der Waals surface area (Å²) in [5.74, 6) is -0.473. The lowest BCUT2D eigenvalue weighted by molar-refractivity contribution is 0.0592. The fraction of sp³-hybridized carbons (Fsp3) is 0.0541. The largest absolute Gasteiger partial charge is 0.508 e. The Bertz CT molecular complexity index is 2080. The molecule has 0 aliphatic heterocycles. The van der Waals surface area contributed by atoms with Crippen molar-refractivity contribution in [1.29, 1.82) is 0 Å². The van der Waals surface area contributed by atoms with Crippen LogP contribution < -0.4 is 22.1 Å². The van der Waals surface area contributed by atoms with Gasteiger partial charge in [-0.15, -0.1) is 0 Å². The number of benzene rings is 6. The van der Waals surface area contributed by atoms with E-state index in [9.17, 15) is 24.6 Å². The minimum absolute atomic E-state index is 0.118. The standard InChI is InChI=1S/C19H16N2O4.C10H9NO.C8H9NO2/c1-25-18(23)13-5-2-6-14(10-13)20-19(24)21-17-7-3-4-12-8-9-15(22)11-16(12)17;11-10-3-1-2-7-4-5-8(12)6-9(7)10;1-11-8(10)6-3-2-4-7(9)5-6/h2-11,22H,1H3,(H2,20,21,24);1-6,12H,11H2;2-5H,9H2,1H3. The zero-order valence-corrected chi connectivity index (χ0v) is 26.1. The monoisotopic (exact) mass is 646 g/mol. The van der Waals surface area contributed by atoms with Crippen LogP contribution in [0.1, 0.15) is 20.7 Å². The molecule has 0 fully saturated rings. The maximum Gasteiger partial charge on any atom is 0.337 e. The number of urea groups is 1. The van der Waals surface area contributed by atoms with Gasteiger partial charge in [-0.05, 0) is 83.6 Å². The molecule has 0 unspecified atom stereocenters. The Morgan fingerprint density at radius 2 is 1.12 bits per heavy atom. The molecule has 8 N–H and O–H groups in total. The molecule has 0 spiro atoms. The van der Waals surface area contributed by atoms with E-state index in [1.165, 1.54) is 20.3 Å². The minimum Gasteiger partial charge on any atom is -0.508 e. The molecular weight excluding hydrogens is 612 g/mol. The fourth-order valence-corrected chi connectivity index (χ4v) is 4.56. The van der Waals surface area contributed by atoms with Crippen LogP contribution in [-0.2, 0) is 9.47 Å². The van der Waals surface area contributed by atoms with Crippen LogP contribution in [0.15, 0.2) is 121 Å². The summed E-state index contributed by atoms with van der Waals surface area (Å²) in [4.78, 5) is 34.7. The van der Waals surface area contributed by atoms with Crippen LogP contribution in [0.3, 0.4) is 0 Å². The fourth-order valence-electron chi connectivity index (χ4n) is 4.56. The summed E-state index contributed by atoms with van der Waals surface area (Å²) in [6, 6.07) is 33.9. The van der Waals surface area contributed by atoms with Gasteiger partial charge in [0, 0.05) is 27.8 Å². The molecule has 0 aliphatic carbocycles. The Morgan fingerprint density at radius 3 is 1.75 bits per heavy atom. The number of fused-ring (bicyclic) bond motifs is 2. The molecule has 48 heavy (non-hydrogen) atoms. The first-order chi connectivity index (χ1) is 23.1. The first kappa shape index (κ1) is 34.1. The summed E-state index contributed by atoms with van der Waals surface area (Å²) in [5, 5.41) is 27.8. The number of esters is 2. The molecule has 6 aromatic rings. The lowest BCUT2D eigenvalue weighted by Crippen LogP contribution is -2.19. The molecule has 0 saturated carbocycles. The predicted octanol–water partition coefficient (Wildman–Crippen LogP) is 7.16. The number of nitrogen functional groups attached to an aromatic ring is 2. The zero-order chi connectivity index (χ0) is 34.6. The van der Waals surface area contributed by atoms with E-state index < -0.39 is 12.0 Å². The van der Waals surface area contributed by atoms with Crippen molar-refractivity contribution in [2.24, 2.45) is 0 Å². The Morgan fingerprint density at radius 1 is 0.583 bits per heavy atom. The van der Waals surface area contributed by atoms with Crippen molar-refractivity contribution in [2.45, 2.75) is 0 Å². The van der Waals surface area contributed by atoms with Crippen LogP contribution in [0.5, 0.6) is 11.5 Å². The summed E-state index contributed by atoms with van der Waals surface area (Å²) < 4.78 is 9.16. The second kappa shape index (κ2) is 16.0. The highest BCUT2D eigenvalue weighted by Crippen LogP contribution is 2.27. The molecular formula is C37H34N4O7.